The summed E-state index contributed by atoms with van der Waals surface area (Å²) in [6.45, 7) is 4.79. The Balaban J connectivity index is 2.24. The lowest BCUT2D eigenvalue weighted by molar-refractivity contribution is 0.414. The molecule has 1 N–H and O–H groups in total. The van der Waals surface area contributed by atoms with Gasteiger partial charge in [0.25, 0.3) is 0 Å². The highest BCUT2D eigenvalue weighted by molar-refractivity contribution is 5.38. The molecular formula is C12H17N5O. The molecule has 0 amide bonds. The average molecular weight is 247 g/mol. The molecule has 0 aliphatic rings. The van der Waals surface area contributed by atoms with Crippen molar-refractivity contribution in [2.75, 3.05) is 7.11 Å². The van der Waals surface area contributed by atoms with Crippen LogP contribution in [0.15, 0.2) is 24.3 Å². The van der Waals surface area contributed by atoms with Gasteiger partial charge in [-0.25, -0.2) is 0 Å². The van der Waals surface area contributed by atoms with Gasteiger partial charge in [-0.15, -0.1) is 5.10 Å². The molecule has 6 nitrogen and oxygen atoms in total. The van der Waals surface area contributed by atoms with Gasteiger partial charge in [-0.3, -0.25) is 0 Å². The van der Waals surface area contributed by atoms with Gasteiger partial charge in [0.15, 0.2) is 5.82 Å². The zero-order valence-electron chi connectivity index (χ0n) is 10.8. The van der Waals surface area contributed by atoms with Crippen molar-refractivity contribution in [3.05, 3.63) is 30.1 Å². The van der Waals surface area contributed by atoms with E-state index < -0.39 is 0 Å². The molecule has 0 bridgehead atoms. The SMILES string of the molecule is COc1cccc(-n2nnnc2CNC(C)C)c1. The molecule has 0 radical (unpaired) electrons. The van der Waals surface area contributed by atoms with Gasteiger partial charge in [-0.05, 0) is 22.6 Å². The van der Waals surface area contributed by atoms with Crippen molar-refractivity contribution in [2.24, 2.45) is 0 Å². The highest BCUT2D eigenvalue weighted by Crippen LogP contribution is 2.16. The second-order valence-electron chi connectivity index (χ2n) is 4.24. The van der Waals surface area contributed by atoms with Crippen LogP contribution >= 0.6 is 0 Å². The molecule has 1 aromatic heterocycles. The van der Waals surface area contributed by atoms with Crippen LogP contribution in [0.2, 0.25) is 0 Å². The van der Waals surface area contributed by atoms with E-state index in [9.17, 15) is 0 Å². The maximum atomic E-state index is 5.19. The molecule has 1 aromatic carbocycles. The average Bonchev–Trinajstić information content (AvgIpc) is 2.84. The van der Waals surface area contributed by atoms with Crippen LogP contribution in [0.3, 0.4) is 0 Å². The van der Waals surface area contributed by atoms with Gasteiger partial charge in [0, 0.05) is 12.1 Å². The largest absolute Gasteiger partial charge is 0.497 e. The molecule has 6 heteroatoms. The Bertz CT molecular complexity index is 509. The van der Waals surface area contributed by atoms with E-state index >= 15 is 0 Å². The Morgan fingerprint density at radius 3 is 2.94 bits per heavy atom. The maximum absolute atomic E-state index is 5.19. The minimum atomic E-state index is 0.389. The molecule has 0 fully saturated rings. The first-order valence-corrected chi connectivity index (χ1v) is 5.86. The summed E-state index contributed by atoms with van der Waals surface area (Å²) in [6, 6.07) is 8.03. The molecule has 2 rings (SSSR count). The van der Waals surface area contributed by atoms with E-state index in [1.807, 2.05) is 24.3 Å². The van der Waals surface area contributed by atoms with Crippen LogP contribution in [0.4, 0.5) is 0 Å². The van der Waals surface area contributed by atoms with E-state index in [0.717, 1.165) is 17.3 Å². The van der Waals surface area contributed by atoms with Gasteiger partial charge in [-0.1, -0.05) is 19.9 Å². The van der Waals surface area contributed by atoms with Gasteiger partial charge in [0.05, 0.1) is 19.3 Å². The van der Waals surface area contributed by atoms with E-state index in [-0.39, 0.29) is 0 Å². The fourth-order valence-corrected chi connectivity index (χ4v) is 1.55. The molecule has 0 saturated heterocycles. The highest BCUT2D eigenvalue weighted by Gasteiger charge is 2.09. The van der Waals surface area contributed by atoms with E-state index in [1.54, 1.807) is 11.8 Å². The molecule has 0 aliphatic heterocycles. The second-order valence-corrected chi connectivity index (χ2v) is 4.24. The van der Waals surface area contributed by atoms with Crippen LogP contribution in [-0.4, -0.2) is 33.4 Å². The molecule has 96 valence electrons. The lowest BCUT2D eigenvalue weighted by Crippen LogP contribution is -2.24. The summed E-state index contributed by atoms with van der Waals surface area (Å²) in [5.41, 5.74) is 0.889. The first-order valence-electron chi connectivity index (χ1n) is 5.86. The number of hydrogen-bond donors (Lipinski definition) is 1. The number of benzene rings is 1. The zero-order chi connectivity index (χ0) is 13.0. The number of tetrazole rings is 1. The van der Waals surface area contributed by atoms with Crippen molar-refractivity contribution in [1.82, 2.24) is 25.5 Å². The minimum Gasteiger partial charge on any atom is -0.497 e. The molecule has 0 aliphatic carbocycles. The summed E-state index contributed by atoms with van der Waals surface area (Å²) in [7, 11) is 1.64. The summed E-state index contributed by atoms with van der Waals surface area (Å²) in [5.74, 6) is 1.56. The van der Waals surface area contributed by atoms with Crippen LogP contribution < -0.4 is 10.1 Å². The lowest BCUT2D eigenvalue weighted by Gasteiger charge is -2.09. The van der Waals surface area contributed by atoms with Gasteiger partial charge in [-0.2, -0.15) is 4.68 Å². The second kappa shape index (κ2) is 5.59. The first-order chi connectivity index (χ1) is 8.70. The number of aromatic nitrogens is 4. The molecule has 0 saturated carbocycles. The van der Waals surface area contributed by atoms with Crippen LogP contribution in [0, 0.1) is 0 Å². The zero-order valence-corrected chi connectivity index (χ0v) is 10.8. The Morgan fingerprint density at radius 2 is 2.22 bits per heavy atom. The summed E-state index contributed by atoms with van der Waals surface area (Å²) in [6.07, 6.45) is 0. The predicted octanol–water partition coefficient (Wildman–Crippen LogP) is 1.17. The highest BCUT2D eigenvalue weighted by atomic mass is 16.5. The van der Waals surface area contributed by atoms with E-state index in [2.05, 4.69) is 34.7 Å². The molecule has 0 spiro atoms. The molecule has 0 unspecified atom stereocenters. The number of nitrogens with zero attached hydrogens (tertiary/aromatic N) is 4. The van der Waals surface area contributed by atoms with Gasteiger partial charge < -0.3 is 10.1 Å². The van der Waals surface area contributed by atoms with Crippen molar-refractivity contribution in [3.63, 3.8) is 0 Å². The van der Waals surface area contributed by atoms with Crippen molar-refractivity contribution in [2.45, 2.75) is 26.4 Å². The summed E-state index contributed by atoms with van der Waals surface area (Å²) >= 11 is 0. The Morgan fingerprint density at radius 1 is 1.39 bits per heavy atom. The molecule has 2 aromatic rings. The third-order valence-electron chi connectivity index (χ3n) is 2.50. The fourth-order valence-electron chi connectivity index (χ4n) is 1.55. The topological polar surface area (TPSA) is 64.9 Å². The third-order valence-corrected chi connectivity index (χ3v) is 2.50. The summed E-state index contributed by atoms with van der Waals surface area (Å²) in [5, 5.41) is 15.0. The number of hydrogen-bond acceptors (Lipinski definition) is 5. The van der Waals surface area contributed by atoms with Crippen LogP contribution in [0.1, 0.15) is 19.7 Å². The first kappa shape index (κ1) is 12.5. The van der Waals surface area contributed by atoms with E-state index in [0.29, 0.717) is 12.6 Å². The monoisotopic (exact) mass is 247 g/mol. The lowest BCUT2D eigenvalue weighted by atomic mass is 10.3. The number of rotatable bonds is 5. The number of ether oxygens (including phenoxy) is 1. The van der Waals surface area contributed by atoms with E-state index in [1.165, 1.54) is 0 Å². The predicted molar refractivity (Wildman–Crippen MR) is 67.7 cm³/mol. The molecular weight excluding hydrogens is 230 g/mol. The van der Waals surface area contributed by atoms with E-state index in [4.69, 9.17) is 4.74 Å². The van der Waals surface area contributed by atoms with Crippen molar-refractivity contribution < 1.29 is 4.74 Å². The standard InChI is InChI=1S/C12H17N5O/c1-9(2)13-8-12-14-15-16-17(12)10-5-4-6-11(7-10)18-3/h4-7,9,13H,8H2,1-3H3. The van der Waals surface area contributed by atoms with Gasteiger partial charge in [0.1, 0.15) is 5.75 Å². The van der Waals surface area contributed by atoms with Crippen LogP contribution in [0.25, 0.3) is 5.69 Å². The fraction of sp³-hybridized carbons (Fsp3) is 0.417. The van der Waals surface area contributed by atoms with Crippen LogP contribution in [0.5, 0.6) is 5.75 Å². The molecule has 1 heterocycles. The van der Waals surface area contributed by atoms with Crippen molar-refractivity contribution >= 4 is 0 Å². The van der Waals surface area contributed by atoms with Gasteiger partial charge >= 0.3 is 0 Å². The molecule has 18 heavy (non-hydrogen) atoms. The number of methoxy groups -OCH3 is 1. The Labute approximate surface area is 106 Å². The Hall–Kier alpha value is -1.95. The van der Waals surface area contributed by atoms with Crippen LogP contribution in [-0.2, 0) is 6.54 Å². The third kappa shape index (κ3) is 2.84. The number of nitrogens with one attached hydrogen (secondary N) is 1. The smallest absolute Gasteiger partial charge is 0.170 e. The summed E-state index contributed by atoms with van der Waals surface area (Å²) < 4.78 is 6.90. The van der Waals surface area contributed by atoms with Crippen molar-refractivity contribution in [3.8, 4) is 11.4 Å². The Kier molecular flexibility index (Phi) is 3.88. The normalized spacial score (nSPS) is 10.9. The minimum absolute atomic E-state index is 0.389. The van der Waals surface area contributed by atoms with Crippen molar-refractivity contribution in [1.29, 1.82) is 0 Å². The molecule has 0 atom stereocenters. The maximum Gasteiger partial charge on any atom is 0.170 e. The summed E-state index contributed by atoms with van der Waals surface area (Å²) in [4.78, 5) is 0. The quantitative estimate of drug-likeness (QED) is 0.859. The van der Waals surface area contributed by atoms with Gasteiger partial charge in [0.2, 0.25) is 0 Å².